The number of amides is 1. The van der Waals surface area contributed by atoms with Gasteiger partial charge in [0.25, 0.3) is 5.91 Å². The number of halogens is 1. The molecule has 0 saturated carbocycles. The molecule has 0 aliphatic rings. The van der Waals surface area contributed by atoms with E-state index in [4.69, 9.17) is 16.8 Å². The molecular formula is C18H14ClN5O2S. The molecule has 0 radical (unpaired) electrons. The van der Waals surface area contributed by atoms with Crippen molar-refractivity contribution in [1.29, 1.82) is 0 Å². The quantitative estimate of drug-likeness (QED) is 0.352. The zero-order valence-corrected chi connectivity index (χ0v) is 15.7. The number of hydroxylamine groups is 1. The molecule has 1 aromatic carbocycles. The van der Waals surface area contributed by atoms with Gasteiger partial charge in [-0.25, -0.2) is 15.4 Å². The number of fused-ring (bicyclic) bond motifs is 1. The van der Waals surface area contributed by atoms with Crippen LogP contribution in [0.2, 0.25) is 5.02 Å². The van der Waals surface area contributed by atoms with Crippen LogP contribution < -0.4 is 10.8 Å². The first-order valence-electron chi connectivity index (χ1n) is 7.97. The largest absolute Gasteiger partial charge is 0.332 e. The van der Waals surface area contributed by atoms with E-state index < -0.39 is 5.91 Å². The minimum atomic E-state index is -0.556. The number of pyridine rings is 1. The van der Waals surface area contributed by atoms with Gasteiger partial charge in [0, 0.05) is 22.8 Å². The number of aromatic nitrogens is 3. The molecule has 0 fully saturated rings. The average molecular weight is 400 g/mol. The van der Waals surface area contributed by atoms with Gasteiger partial charge in [0.1, 0.15) is 11.3 Å². The van der Waals surface area contributed by atoms with Crippen LogP contribution in [0.4, 0.5) is 10.8 Å². The first-order chi connectivity index (χ1) is 13.0. The molecule has 7 nitrogen and oxygen atoms in total. The molecule has 3 aromatic heterocycles. The highest BCUT2D eigenvalue weighted by Crippen LogP contribution is 2.30. The van der Waals surface area contributed by atoms with E-state index in [-0.39, 0.29) is 0 Å². The number of aryl methyl sites for hydroxylation is 1. The second-order valence-electron chi connectivity index (χ2n) is 5.80. The Kier molecular flexibility index (Phi) is 4.53. The molecule has 9 heteroatoms. The maximum atomic E-state index is 11.4. The van der Waals surface area contributed by atoms with Crippen LogP contribution in [0.5, 0.6) is 0 Å². The van der Waals surface area contributed by atoms with Crippen molar-refractivity contribution in [3.05, 3.63) is 64.3 Å². The summed E-state index contributed by atoms with van der Waals surface area (Å²) in [6.07, 6.45) is 1.82. The van der Waals surface area contributed by atoms with Crippen molar-refractivity contribution < 1.29 is 10.0 Å². The highest BCUT2D eigenvalue weighted by atomic mass is 35.5. The Morgan fingerprint density at radius 1 is 1.19 bits per heavy atom. The minimum absolute atomic E-state index is 0.362. The normalized spacial score (nSPS) is 10.9. The maximum absolute atomic E-state index is 11.4. The Labute approximate surface area is 163 Å². The first kappa shape index (κ1) is 17.5. The molecule has 0 bridgehead atoms. The molecule has 3 heterocycles. The summed E-state index contributed by atoms with van der Waals surface area (Å²) in [6.45, 7) is 1.94. The summed E-state index contributed by atoms with van der Waals surface area (Å²) in [5, 5.41) is 15.2. The van der Waals surface area contributed by atoms with Crippen LogP contribution in [-0.2, 0) is 0 Å². The molecule has 0 aliphatic carbocycles. The Bertz CT molecular complexity index is 1140. The average Bonchev–Trinajstić information content (AvgIpc) is 3.24. The maximum Gasteiger partial charge on any atom is 0.274 e. The Hall–Kier alpha value is -2.94. The summed E-state index contributed by atoms with van der Waals surface area (Å²) in [6, 6.07) is 10.4. The predicted molar refractivity (Wildman–Crippen MR) is 105 cm³/mol. The van der Waals surface area contributed by atoms with Gasteiger partial charge in [0.05, 0.1) is 16.4 Å². The second kappa shape index (κ2) is 6.99. The van der Waals surface area contributed by atoms with Gasteiger partial charge in [0.15, 0.2) is 5.13 Å². The van der Waals surface area contributed by atoms with Gasteiger partial charge in [-0.15, -0.1) is 11.3 Å². The van der Waals surface area contributed by atoms with Crippen LogP contribution in [0.3, 0.4) is 0 Å². The fraction of sp³-hybridized carbons (Fsp3) is 0.0556. The molecule has 4 rings (SSSR count). The molecule has 0 aliphatic heterocycles. The number of thiazole rings is 1. The number of rotatable bonds is 4. The number of hydrogen-bond acceptors (Lipinski definition) is 6. The van der Waals surface area contributed by atoms with Crippen LogP contribution in [-0.4, -0.2) is 25.5 Å². The van der Waals surface area contributed by atoms with E-state index in [2.05, 4.69) is 15.3 Å². The first-order valence-corrected chi connectivity index (χ1v) is 9.22. The third-order valence-corrected chi connectivity index (χ3v) is 4.98. The van der Waals surface area contributed by atoms with Crippen LogP contribution >= 0.6 is 22.9 Å². The molecule has 27 heavy (non-hydrogen) atoms. The number of nitrogens with one attached hydrogen (secondary N) is 2. The van der Waals surface area contributed by atoms with Crippen molar-refractivity contribution >= 4 is 45.3 Å². The molecule has 0 unspecified atom stereocenters. The number of imidazole rings is 1. The van der Waals surface area contributed by atoms with E-state index >= 15 is 0 Å². The lowest BCUT2D eigenvalue weighted by Gasteiger charge is -2.04. The van der Waals surface area contributed by atoms with Crippen LogP contribution in [0.25, 0.3) is 17.0 Å². The van der Waals surface area contributed by atoms with Crippen molar-refractivity contribution in [2.45, 2.75) is 6.92 Å². The van der Waals surface area contributed by atoms with Gasteiger partial charge in [-0.05, 0) is 43.3 Å². The van der Waals surface area contributed by atoms with Crippen molar-refractivity contribution in [2.75, 3.05) is 5.32 Å². The molecule has 136 valence electrons. The van der Waals surface area contributed by atoms with Gasteiger partial charge in [-0.2, -0.15) is 0 Å². The van der Waals surface area contributed by atoms with E-state index in [1.807, 2.05) is 35.0 Å². The molecule has 0 saturated heterocycles. The highest BCUT2D eigenvalue weighted by molar-refractivity contribution is 7.14. The topological polar surface area (TPSA) is 91.5 Å². The summed E-state index contributed by atoms with van der Waals surface area (Å²) in [5.41, 5.74) is 6.12. The third kappa shape index (κ3) is 3.37. The van der Waals surface area contributed by atoms with Crippen molar-refractivity contribution in [2.24, 2.45) is 0 Å². The van der Waals surface area contributed by atoms with Gasteiger partial charge >= 0.3 is 0 Å². The highest BCUT2D eigenvalue weighted by Gasteiger charge is 2.15. The number of benzene rings is 1. The van der Waals surface area contributed by atoms with E-state index in [0.29, 0.717) is 15.7 Å². The summed E-state index contributed by atoms with van der Waals surface area (Å²) in [4.78, 5) is 20.6. The number of anilines is 2. The van der Waals surface area contributed by atoms with Gasteiger partial charge in [-0.1, -0.05) is 11.6 Å². The lowest BCUT2D eigenvalue weighted by Crippen LogP contribution is -2.18. The SMILES string of the molecule is Cc1nc2ccc(Cl)cn2c1-c1csc(Nc2ccc(C(=O)NO)cc2)n1. The van der Waals surface area contributed by atoms with Crippen molar-refractivity contribution in [3.63, 3.8) is 0 Å². The monoisotopic (exact) mass is 399 g/mol. The molecule has 4 aromatic rings. The minimum Gasteiger partial charge on any atom is -0.332 e. The summed E-state index contributed by atoms with van der Waals surface area (Å²) >= 11 is 7.59. The summed E-state index contributed by atoms with van der Waals surface area (Å²) in [7, 11) is 0. The van der Waals surface area contributed by atoms with Gasteiger partial charge in [0.2, 0.25) is 0 Å². The van der Waals surface area contributed by atoms with Gasteiger partial charge in [-0.3, -0.25) is 14.4 Å². The molecule has 1 amide bonds. The number of carbonyl (C=O) groups excluding carboxylic acids is 1. The van der Waals surface area contributed by atoms with E-state index in [1.165, 1.54) is 11.3 Å². The fourth-order valence-corrected chi connectivity index (χ4v) is 3.65. The van der Waals surface area contributed by atoms with Crippen LogP contribution in [0.15, 0.2) is 48.0 Å². The molecule has 0 atom stereocenters. The van der Waals surface area contributed by atoms with E-state index in [1.54, 1.807) is 29.7 Å². The third-order valence-electron chi connectivity index (χ3n) is 4.00. The Balaban J connectivity index is 1.62. The smallest absolute Gasteiger partial charge is 0.274 e. The van der Waals surface area contributed by atoms with Crippen LogP contribution in [0.1, 0.15) is 16.1 Å². The number of carbonyl (C=O) groups is 1. The number of nitrogens with zero attached hydrogens (tertiary/aromatic N) is 3. The lowest BCUT2D eigenvalue weighted by atomic mass is 10.2. The van der Waals surface area contributed by atoms with Gasteiger partial charge < -0.3 is 5.32 Å². The second-order valence-corrected chi connectivity index (χ2v) is 7.10. The van der Waals surface area contributed by atoms with E-state index in [9.17, 15) is 4.79 Å². The summed E-state index contributed by atoms with van der Waals surface area (Å²) in [5.74, 6) is -0.556. The predicted octanol–water partition coefficient (Wildman–Crippen LogP) is 4.28. The lowest BCUT2D eigenvalue weighted by molar-refractivity contribution is 0.0706. The Morgan fingerprint density at radius 3 is 2.70 bits per heavy atom. The standard InChI is InChI=1S/C18H14ClN5O2S/c1-10-16(24-8-12(19)4-7-15(24)20-10)14-9-27-18(22-14)21-13-5-2-11(3-6-13)17(25)23-26/h2-9,26H,1H3,(H,21,22)(H,23,25). The molecular weight excluding hydrogens is 386 g/mol. The summed E-state index contributed by atoms with van der Waals surface area (Å²) < 4.78 is 1.93. The fourth-order valence-electron chi connectivity index (χ4n) is 2.78. The zero-order valence-electron chi connectivity index (χ0n) is 14.1. The molecule has 0 spiro atoms. The molecule has 3 N–H and O–H groups in total. The van der Waals surface area contributed by atoms with Crippen molar-refractivity contribution in [1.82, 2.24) is 19.8 Å². The Morgan fingerprint density at radius 2 is 1.96 bits per heavy atom. The van der Waals surface area contributed by atoms with Crippen molar-refractivity contribution in [3.8, 4) is 11.4 Å². The van der Waals surface area contributed by atoms with Crippen LogP contribution in [0, 0.1) is 6.92 Å². The zero-order chi connectivity index (χ0) is 19.0. The number of hydrogen-bond donors (Lipinski definition) is 3. The van der Waals surface area contributed by atoms with E-state index in [0.717, 1.165) is 28.4 Å².